The van der Waals surface area contributed by atoms with E-state index >= 15 is 0 Å². The second-order valence-corrected chi connectivity index (χ2v) is 19.3. The van der Waals surface area contributed by atoms with Crippen molar-refractivity contribution in [2.75, 3.05) is 0 Å². The lowest BCUT2D eigenvalue weighted by Crippen LogP contribution is -2.53. The average molecular weight is 704 g/mol. The van der Waals surface area contributed by atoms with Crippen molar-refractivity contribution < 1.29 is 27.9 Å². The van der Waals surface area contributed by atoms with Gasteiger partial charge in [-0.1, -0.05) is 96.7 Å². The van der Waals surface area contributed by atoms with Crippen LogP contribution in [-0.2, 0) is 37.0 Å². The van der Waals surface area contributed by atoms with E-state index in [0.717, 1.165) is 22.4 Å². The van der Waals surface area contributed by atoms with Crippen molar-refractivity contribution >= 4 is 31.5 Å². The molecular weight excluding hydrogens is 651 g/mol. The summed E-state index contributed by atoms with van der Waals surface area (Å²) < 4.78 is 25.3. The van der Waals surface area contributed by atoms with Crippen molar-refractivity contribution in [2.45, 2.75) is 109 Å². The molecule has 4 atom stereocenters. The Morgan fingerprint density at radius 1 is 0.816 bits per heavy atom. The summed E-state index contributed by atoms with van der Waals surface area (Å²) in [6.07, 6.45) is 4.35. The number of rotatable bonds is 11. The Hall–Kier alpha value is -3.37. The molecule has 49 heavy (non-hydrogen) atoms. The Morgan fingerprint density at radius 3 is 2.00 bits per heavy atom. The maximum absolute atomic E-state index is 13.9. The van der Waals surface area contributed by atoms with Crippen LogP contribution in [0.15, 0.2) is 97.1 Å². The number of benzene rings is 3. The van der Waals surface area contributed by atoms with E-state index < -0.39 is 38.3 Å². The van der Waals surface area contributed by atoms with E-state index in [9.17, 15) is 9.59 Å². The number of carbonyl (C=O) groups excluding carboxylic acids is 2. The molecule has 3 aromatic rings. The van der Waals surface area contributed by atoms with Gasteiger partial charge in [0.2, 0.25) is 0 Å². The number of carbonyl (C=O) groups is 2. The van der Waals surface area contributed by atoms with Crippen LogP contribution in [0.1, 0.15) is 64.7 Å². The molecule has 3 aromatic carbocycles. The highest BCUT2D eigenvalue weighted by atomic mass is 32.2. The number of nitrogens with one attached hydrogen (secondary N) is 1. The van der Waals surface area contributed by atoms with Gasteiger partial charge < -0.3 is 23.6 Å². The summed E-state index contributed by atoms with van der Waals surface area (Å²) >= 11 is 1.34. The van der Waals surface area contributed by atoms with Crippen molar-refractivity contribution in [2.24, 2.45) is 5.92 Å². The fraction of sp³-hybridized carbons (Fsp3) is 0.450. The topological polar surface area (TPSA) is 83.1 Å². The van der Waals surface area contributed by atoms with Crippen LogP contribution in [0.2, 0.25) is 13.1 Å². The fourth-order valence-electron chi connectivity index (χ4n) is 5.69. The van der Waals surface area contributed by atoms with Gasteiger partial charge in [-0.05, 0) is 103 Å². The predicted molar refractivity (Wildman–Crippen MR) is 201 cm³/mol. The lowest BCUT2D eigenvalue weighted by Gasteiger charge is -2.38. The molecule has 4 rings (SSSR count). The quantitative estimate of drug-likeness (QED) is 0.158. The number of amides is 1. The summed E-state index contributed by atoms with van der Waals surface area (Å²) in [6.45, 7) is 15.6. The fourth-order valence-corrected chi connectivity index (χ4v) is 8.57. The maximum atomic E-state index is 13.9. The van der Waals surface area contributed by atoms with Crippen LogP contribution in [0.5, 0.6) is 5.75 Å². The van der Waals surface area contributed by atoms with Gasteiger partial charge in [0.15, 0.2) is 5.12 Å². The summed E-state index contributed by atoms with van der Waals surface area (Å²) in [7, 11) is -2.85. The first-order valence-corrected chi connectivity index (χ1v) is 20.9. The highest BCUT2D eigenvalue weighted by Crippen LogP contribution is 2.31. The first kappa shape index (κ1) is 38.4. The second kappa shape index (κ2) is 17.0. The zero-order valence-corrected chi connectivity index (χ0v) is 32.0. The molecule has 0 fully saturated rings. The third kappa shape index (κ3) is 13.5. The first-order chi connectivity index (χ1) is 23.1. The minimum Gasteiger partial charge on any atom is -0.488 e. The molecule has 9 heteroatoms. The van der Waals surface area contributed by atoms with E-state index in [-0.39, 0.29) is 16.8 Å². The van der Waals surface area contributed by atoms with Gasteiger partial charge in [0, 0.05) is 5.75 Å². The van der Waals surface area contributed by atoms with Crippen LogP contribution in [0.3, 0.4) is 0 Å². The molecule has 0 bridgehead atoms. The Morgan fingerprint density at radius 2 is 1.41 bits per heavy atom. The van der Waals surface area contributed by atoms with Gasteiger partial charge in [0.1, 0.15) is 17.0 Å². The minimum atomic E-state index is -2.85. The number of ether oxygens (including phenoxy) is 2. The third-order valence-electron chi connectivity index (χ3n) is 7.72. The lowest BCUT2D eigenvalue weighted by molar-refractivity contribution is -0.116. The zero-order valence-electron chi connectivity index (χ0n) is 30.2. The van der Waals surface area contributed by atoms with Crippen molar-refractivity contribution in [1.82, 2.24) is 5.32 Å². The van der Waals surface area contributed by atoms with Gasteiger partial charge in [-0.15, -0.1) is 0 Å². The van der Waals surface area contributed by atoms with Crippen LogP contribution in [0, 0.1) is 5.92 Å². The summed E-state index contributed by atoms with van der Waals surface area (Å²) in [6, 6.07) is 27.7. The lowest BCUT2D eigenvalue weighted by atomic mass is 9.94. The van der Waals surface area contributed by atoms with Gasteiger partial charge in [-0.2, -0.15) is 0 Å². The molecule has 0 aromatic heterocycles. The third-order valence-corrected chi connectivity index (χ3v) is 10.5. The van der Waals surface area contributed by atoms with Crippen LogP contribution in [-0.4, -0.2) is 49.2 Å². The SMILES string of the molecule is CC(C)(C)OC(=O)N[C@@H](Cc1ccc(OC(C)(C)C)cc1)[C@H]1CC=C[C@H]([C@@H](Cc2ccccc2)C(=O)SCc2ccccc2)O[Si](C)(C)O1. The number of hydrogen-bond donors (Lipinski definition) is 1. The van der Waals surface area contributed by atoms with Crippen molar-refractivity contribution in [3.63, 3.8) is 0 Å². The smallest absolute Gasteiger partial charge is 0.407 e. The molecule has 1 N–H and O–H groups in total. The van der Waals surface area contributed by atoms with Gasteiger partial charge in [-0.25, -0.2) is 4.79 Å². The number of hydrogen-bond acceptors (Lipinski definition) is 7. The molecule has 1 heterocycles. The zero-order chi connectivity index (χ0) is 35.7. The van der Waals surface area contributed by atoms with Crippen molar-refractivity contribution in [3.05, 3.63) is 114 Å². The molecule has 1 aliphatic heterocycles. The van der Waals surface area contributed by atoms with Crippen LogP contribution in [0.4, 0.5) is 4.79 Å². The highest BCUT2D eigenvalue weighted by molar-refractivity contribution is 8.13. The van der Waals surface area contributed by atoms with Crippen LogP contribution in [0.25, 0.3) is 0 Å². The van der Waals surface area contributed by atoms with Gasteiger partial charge in [-0.3, -0.25) is 4.79 Å². The number of thioether (sulfide) groups is 1. The Kier molecular flexibility index (Phi) is 13.4. The normalized spacial score (nSPS) is 19.2. The molecular formula is C40H53NO6SSi. The Labute approximate surface area is 298 Å². The number of alkyl carbamates (subject to hydrolysis) is 1. The van der Waals surface area contributed by atoms with Crippen molar-refractivity contribution in [3.8, 4) is 5.75 Å². The Balaban J connectivity index is 1.57. The highest BCUT2D eigenvalue weighted by Gasteiger charge is 2.40. The van der Waals surface area contributed by atoms with Gasteiger partial charge in [0.05, 0.1) is 24.2 Å². The molecule has 1 amide bonds. The van der Waals surface area contributed by atoms with E-state index in [1.54, 1.807) is 0 Å². The molecule has 0 spiro atoms. The molecule has 0 unspecified atom stereocenters. The van der Waals surface area contributed by atoms with Gasteiger partial charge in [0.25, 0.3) is 0 Å². The van der Waals surface area contributed by atoms with Crippen molar-refractivity contribution in [1.29, 1.82) is 0 Å². The maximum Gasteiger partial charge on any atom is 0.407 e. The minimum absolute atomic E-state index is 0.0904. The summed E-state index contributed by atoms with van der Waals surface area (Å²) in [5.41, 5.74) is 2.26. The molecule has 0 saturated carbocycles. The molecule has 264 valence electrons. The molecule has 0 radical (unpaired) electrons. The van der Waals surface area contributed by atoms with E-state index in [1.807, 2.05) is 140 Å². The molecule has 7 nitrogen and oxygen atoms in total. The van der Waals surface area contributed by atoms with E-state index in [2.05, 4.69) is 17.4 Å². The Bertz CT molecular complexity index is 1520. The summed E-state index contributed by atoms with van der Waals surface area (Å²) in [5, 5.41) is 3.20. The monoisotopic (exact) mass is 703 g/mol. The average Bonchev–Trinajstić information content (AvgIpc) is 3.00. The van der Waals surface area contributed by atoms with Crippen LogP contribution < -0.4 is 10.1 Å². The largest absolute Gasteiger partial charge is 0.488 e. The molecule has 1 aliphatic rings. The molecule has 0 aliphatic carbocycles. The van der Waals surface area contributed by atoms with Crippen LogP contribution >= 0.6 is 11.8 Å². The van der Waals surface area contributed by atoms with Gasteiger partial charge >= 0.3 is 14.7 Å². The first-order valence-electron chi connectivity index (χ1n) is 17.1. The van der Waals surface area contributed by atoms with E-state index in [1.165, 1.54) is 11.8 Å². The standard InChI is InChI=1S/C40H53NO6SSi/c1-39(2,3)44-32-24-22-30(23-25-32)27-34(41-38(43)45-40(4,5)6)36-21-15-20-35(46-49(7,8)47-36)33(26-29-16-11-9-12-17-29)37(42)48-28-31-18-13-10-14-19-31/h9-20,22-25,33-36H,21,26-28H2,1-8H3,(H,41,43)/t33-,34+,35-,36-/m1/s1. The van der Waals surface area contributed by atoms with E-state index in [0.29, 0.717) is 25.0 Å². The summed E-state index contributed by atoms with van der Waals surface area (Å²) in [4.78, 5) is 27.0. The summed E-state index contributed by atoms with van der Waals surface area (Å²) in [5.74, 6) is 0.985. The predicted octanol–water partition coefficient (Wildman–Crippen LogP) is 9.05. The molecule has 0 saturated heterocycles. The van der Waals surface area contributed by atoms with E-state index in [4.69, 9.17) is 18.3 Å². The second-order valence-electron chi connectivity index (χ2n) is 15.0.